The molecule has 0 aliphatic carbocycles. The van der Waals surface area contributed by atoms with Crippen molar-refractivity contribution in [2.75, 3.05) is 0 Å². The Balaban J connectivity index is 0.00000256. The molecule has 1 rings (SSSR count). The van der Waals surface area contributed by atoms with Crippen molar-refractivity contribution in [1.29, 1.82) is 0 Å². The van der Waals surface area contributed by atoms with Gasteiger partial charge in [-0.15, -0.1) is 12.4 Å². The third-order valence-electron chi connectivity index (χ3n) is 2.14. The molecule has 0 spiro atoms. The first-order valence-corrected chi connectivity index (χ1v) is 4.86. The van der Waals surface area contributed by atoms with Gasteiger partial charge in [0.2, 0.25) is 0 Å². The van der Waals surface area contributed by atoms with E-state index in [-0.39, 0.29) is 23.9 Å². The molecule has 0 amide bonds. The number of phenols is 1. The van der Waals surface area contributed by atoms with Crippen LogP contribution in [-0.2, 0) is 4.79 Å². The van der Waals surface area contributed by atoms with Gasteiger partial charge in [-0.25, -0.2) is 0 Å². The first-order chi connectivity index (χ1) is 7.41. The number of ether oxygens (including phenoxy) is 1. The van der Waals surface area contributed by atoms with Crippen molar-refractivity contribution >= 4 is 18.4 Å². The van der Waals surface area contributed by atoms with E-state index in [1.165, 1.54) is 19.1 Å². The van der Waals surface area contributed by atoms with Crippen LogP contribution in [0.1, 0.15) is 25.5 Å². The summed E-state index contributed by atoms with van der Waals surface area (Å²) in [7, 11) is 0. The number of aliphatic hydroxyl groups excluding tert-OH is 1. The number of nitrogens with two attached hydrogens (primary N) is 1. The molecule has 0 unspecified atom stereocenters. The van der Waals surface area contributed by atoms with Crippen molar-refractivity contribution in [2.24, 2.45) is 5.73 Å². The minimum absolute atomic E-state index is 0. The van der Waals surface area contributed by atoms with Gasteiger partial charge in [0.25, 0.3) is 0 Å². The average Bonchev–Trinajstić information content (AvgIpc) is 2.19. The number of hydrogen-bond acceptors (Lipinski definition) is 5. The third kappa shape index (κ3) is 4.22. The standard InChI is InChI=1S/C11H15NO4.ClH/c1-6(13)11(12)8-3-4-10(9(15)5-8)16-7(2)14;/h3-6,11,13,15H,12H2,1-2H3;1H/t6-,11-;/m1./s1. The highest BCUT2D eigenvalue weighted by atomic mass is 35.5. The lowest BCUT2D eigenvalue weighted by Crippen LogP contribution is -2.23. The molecule has 17 heavy (non-hydrogen) atoms. The van der Waals surface area contributed by atoms with Crippen LogP contribution in [0.5, 0.6) is 11.5 Å². The quantitative estimate of drug-likeness (QED) is 0.560. The van der Waals surface area contributed by atoms with E-state index in [1.54, 1.807) is 13.0 Å². The minimum Gasteiger partial charge on any atom is -0.504 e. The van der Waals surface area contributed by atoms with E-state index in [4.69, 9.17) is 10.5 Å². The fraction of sp³-hybridized carbons (Fsp3) is 0.364. The first kappa shape index (κ1) is 15.7. The number of carbonyl (C=O) groups is 1. The molecular weight excluding hydrogens is 246 g/mol. The van der Waals surface area contributed by atoms with Gasteiger partial charge in [-0.1, -0.05) is 6.07 Å². The van der Waals surface area contributed by atoms with Crippen LogP contribution in [0.15, 0.2) is 18.2 Å². The number of halogens is 1. The van der Waals surface area contributed by atoms with Crippen molar-refractivity contribution in [3.05, 3.63) is 23.8 Å². The Labute approximate surface area is 106 Å². The Kier molecular flexibility index (Phi) is 5.95. The Hall–Kier alpha value is -1.30. The highest BCUT2D eigenvalue weighted by molar-refractivity contribution is 5.85. The van der Waals surface area contributed by atoms with Gasteiger partial charge in [-0.3, -0.25) is 4.79 Å². The summed E-state index contributed by atoms with van der Waals surface area (Å²) in [6.45, 7) is 2.80. The molecule has 0 radical (unpaired) electrons. The summed E-state index contributed by atoms with van der Waals surface area (Å²) >= 11 is 0. The lowest BCUT2D eigenvalue weighted by atomic mass is 10.0. The highest BCUT2D eigenvalue weighted by Gasteiger charge is 2.14. The summed E-state index contributed by atoms with van der Waals surface area (Å²) in [6.07, 6.45) is -0.723. The Morgan fingerprint density at radius 1 is 1.47 bits per heavy atom. The summed E-state index contributed by atoms with van der Waals surface area (Å²) in [4.78, 5) is 10.7. The van der Waals surface area contributed by atoms with Gasteiger partial charge < -0.3 is 20.7 Å². The molecule has 6 heteroatoms. The van der Waals surface area contributed by atoms with Crippen LogP contribution in [-0.4, -0.2) is 22.3 Å². The molecule has 0 aromatic heterocycles. The topological polar surface area (TPSA) is 92.8 Å². The van der Waals surface area contributed by atoms with Crippen molar-refractivity contribution < 1.29 is 19.7 Å². The van der Waals surface area contributed by atoms with Crippen LogP contribution in [0, 0.1) is 0 Å². The number of phenolic OH excluding ortho intramolecular Hbond substituents is 1. The zero-order valence-corrected chi connectivity index (χ0v) is 10.4. The van der Waals surface area contributed by atoms with E-state index in [2.05, 4.69) is 0 Å². The van der Waals surface area contributed by atoms with Crippen molar-refractivity contribution in [1.82, 2.24) is 0 Å². The summed E-state index contributed by atoms with van der Waals surface area (Å²) in [5.41, 5.74) is 6.26. The predicted molar refractivity (Wildman–Crippen MR) is 65.3 cm³/mol. The van der Waals surface area contributed by atoms with E-state index in [9.17, 15) is 15.0 Å². The fourth-order valence-electron chi connectivity index (χ4n) is 1.26. The van der Waals surface area contributed by atoms with Gasteiger partial charge in [0.1, 0.15) is 0 Å². The van der Waals surface area contributed by atoms with Crippen LogP contribution >= 0.6 is 12.4 Å². The molecule has 5 nitrogen and oxygen atoms in total. The lowest BCUT2D eigenvalue weighted by molar-refractivity contribution is -0.132. The van der Waals surface area contributed by atoms with Crippen LogP contribution in [0.3, 0.4) is 0 Å². The van der Waals surface area contributed by atoms with Crippen LogP contribution in [0.2, 0.25) is 0 Å². The maximum Gasteiger partial charge on any atom is 0.308 e. The first-order valence-electron chi connectivity index (χ1n) is 4.86. The van der Waals surface area contributed by atoms with Gasteiger partial charge in [-0.05, 0) is 24.6 Å². The van der Waals surface area contributed by atoms with Gasteiger partial charge >= 0.3 is 5.97 Å². The van der Waals surface area contributed by atoms with Crippen LogP contribution < -0.4 is 10.5 Å². The molecule has 0 bridgehead atoms. The third-order valence-corrected chi connectivity index (χ3v) is 2.14. The van der Waals surface area contributed by atoms with Crippen molar-refractivity contribution in [3.8, 4) is 11.5 Å². The molecule has 1 aromatic carbocycles. The maximum absolute atomic E-state index is 10.7. The SMILES string of the molecule is CC(=O)Oc1ccc([C@H](N)[C@@H](C)O)cc1O.Cl. The number of esters is 1. The molecule has 2 atom stereocenters. The smallest absolute Gasteiger partial charge is 0.308 e. The zero-order chi connectivity index (χ0) is 12.3. The Bertz CT molecular complexity index is 395. The number of rotatable bonds is 3. The summed E-state index contributed by atoms with van der Waals surface area (Å²) in [6, 6.07) is 3.82. The van der Waals surface area contributed by atoms with E-state index in [1.807, 2.05) is 0 Å². The second-order valence-electron chi connectivity index (χ2n) is 3.59. The summed E-state index contributed by atoms with van der Waals surface area (Å²) < 4.78 is 4.75. The number of benzene rings is 1. The Morgan fingerprint density at radius 3 is 2.47 bits per heavy atom. The van der Waals surface area contributed by atoms with E-state index in [0.29, 0.717) is 5.56 Å². The lowest BCUT2D eigenvalue weighted by Gasteiger charge is -2.15. The van der Waals surface area contributed by atoms with Crippen LogP contribution in [0.4, 0.5) is 0 Å². The summed E-state index contributed by atoms with van der Waals surface area (Å²) in [5, 5.41) is 18.8. The van der Waals surface area contributed by atoms with Gasteiger partial charge in [0.15, 0.2) is 11.5 Å². The number of hydrogen-bond donors (Lipinski definition) is 3. The fourth-order valence-corrected chi connectivity index (χ4v) is 1.26. The Morgan fingerprint density at radius 2 is 2.06 bits per heavy atom. The minimum atomic E-state index is -0.723. The second kappa shape index (κ2) is 6.44. The van der Waals surface area contributed by atoms with Crippen molar-refractivity contribution in [3.63, 3.8) is 0 Å². The molecule has 0 aliphatic rings. The van der Waals surface area contributed by atoms with E-state index >= 15 is 0 Å². The zero-order valence-electron chi connectivity index (χ0n) is 9.58. The molecule has 0 fully saturated rings. The molecule has 0 saturated carbocycles. The molecule has 0 heterocycles. The van der Waals surface area contributed by atoms with Gasteiger partial charge in [-0.2, -0.15) is 0 Å². The van der Waals surface area contributed by atoms with Crippen molar-refractivity contribution in [2.45, 2.75) is 26.0 Å². The predicted octanol–water partition coefficient (Wildman–Crippen LogP) is 1.12. The molecule has 1 aromatic rings. The largest absolute Gasteiger partial charge is 0.504 e. The molecular formula is C11H16ClNO4. The average molecular weight is 262 g/mol. The maximum atomic E-state index is 10.7. The summed E-state index contributed by atoms with van der Waals surface area (Å²) in [5.74, 6) is -0.610. The number of aliphatic hydroxyl groups is 1. The van der Waals surface area contributed by atoms with Gasteiger partial charge in [0, 0.05) is 6.92 Å². The number of carbonyl (C=O) groups excluding carboxylic acids is 1. The molecule has 4 N–H and O–H groups in total. The van der Waals surface area contributed by atoms with Crippen LogP contribution in [0.25, 0.3) is 0 Å². The second-order valence-corrected chi connectivity index (χ2v) is 3.59. The normalized spacial score (nSPS) is 13.4. The number of aromatic hydroxyl groups is 1. The van der Waals surface area contributed by atoms with E-state index < -0.39 is 18.1 Å². The molecule has 96 valence electrons. The molecule has 0 saturated heterocycles. The highest BCUT2D eigenvalue weighted by Crippen LogP contribution is 2.29. The van der Waals surface area contributed by atoms with E-state index in [0.717, 1.165) is 0 Å². The van der Waals surface area contributed by atoms with Gasteiger partial charge in [0.05, 0.1) is 12.1 Å². The molecule has 0 aliphatic heterocycles. The monoisotopic (exact) mass is 261 g/mol.